The highest BCUT2D eigenvalue weighted by atomic mass is 16.6. The summed E-state index contributed by atoms with van der Waals surface area (Å²) in [7, 11) is 1.95. The second-order valence-electron chi connectivity index (χ2n) is 14.4. The van der Waals surface area contributed by atoms with Gasteiger partial charge in [0.15, 0.2) is 0 Å². The molecule has 5 aromatic rings. The van der Waals surface area contributed by atoms with E-state index in [1.165, 1.54) is 0 Å². The van der Waals surface area contributed by atoms with Gasteiger partial charge in [0.1, 0.15) is 30.3 Å². The molecule has 0 N–H and O–H groups in total. The third-order valence-electron chi connectivity index (χ3n) is 9.36. The first-order valence-corrected chi connectivity index (χ1v) is 17.1. The maximum Gasteiger partial charge on any atom is 0.410 e. The number of ether oxygens (including phenoxy) is 4. The molecule has 3 aromatic carbocycles. The van der Waals surface area contributed by atoms with Crippen molar-refractivity contribution in [1.29, 1.82) is 0 Å². The van der Waals surface area contributed by atoms with Gasteiger partial charge in [0.05, 0.1) is 17.2 Å². The number of likely N-dealkylation sites (tertiary alicyclic amines) is 1. The van der Waals surface area contributed by atoms with Crippen molar-refractivity contribution < 1.29 is 23.7 Å². The number of pyridine rings is 1. The van der Waals surface area contributed by atoms with Crippen LogP contribution in [-0.4, -0.2) is 50.6 Å². The largest absolute Gasteiger partial charge is 0.490 e. The number of amides is 1. The van der Waals surface area contributed by atoms with Crippen LogP contribution in [0.2, 0.25) is 0 Å². The lowest BCUT2D eigenvalue weighted by Crippen LogP contribution is -2.60. The van der Waals surface area contributed by atoms with E-state index in [0.29, 0.717) is 25.0 Å². The number of carbonyl (C=O) groups excluding carboxylic acids is 1. The highest BCUT2D eigenvalue weighted by Crippen LogP contribution is 2.45. The van der Waals surface area contributed by atoms with Crippen molar-refractivity contribution >= 4 is 17.0 Å². The summed E-state index contributed by atoms with van der Waals surface area (Å²) in [5, 5.41) is 5.91. The van der Waals surface area contributed by atoms with Gasteiger partial charge in [-0.1, -0.05) is 60.7 Å². The molecule has 9 nitrogen and oxygen atoms in total. The lowest BCUT2D eigenvalue weighted by atomic mass is 9.68. The number of nitrogens with zero attached hydrogens (tertiary/aromatic N) is 4. The Morgan fingerprint density at radius 2 is 1.51 bits per heavy atom. The Labute approximate surface area is 287 Å². The Bertz CT molecular complexity index is 1900. The summed E-state index contributed by atoms with van der Waals surface area (Å²) in [4.78, 5) is 19.1. The molecule has 49 heavy (non-hydrogen) atoms. The monoisotopic (exact) mass is 660 g/mol. The molecule has 0 radical (unpaired) electrons. The van der Waals surface area contributed by atoms with Crippen LogP contribution in [0.25, 0.3) is 22.2 Å². The van der Waals surface area contributed by atoms with Gasteiger partial charge in [0.25, 0.3) is 0 Å². The first-order chi connectivity index (χ1) is 23.6. The fourth-order valence-corrected chi connectivity index (χ4v) is 6.81. The number of carbonyl (C=O) groups is 1. The van der Waals surface area contributed by atoms with E-state index in [1.807, 2.05) is 116 Å². The summed E-state index contributed by atoms with van der Waals surface area (Å²) in [6, 6.07) is 30.1. The summed E-state index contributed by atoms with van der Waals surface area (Å²) in [6.45, 7) is 8.03. The van der Waals surface area contributed by atoms with Crippen molar-refractivity contribution in [2.75, 3.05) is 13.1 Å². The van der Waals surface area contributed by atoms with Gasteiger partial charge >= 0.3 is 6.09 Å². The number of hydrogen-bond donors (Lipinski definition) is 0. The van der Waals surface area contributed by atoms with Crippen LogP contribution < -0.4 is 14.2 Å². The van der Waals surface area contributed by atoms with E-state index in [2.05, 4.69) is 12.1 Å². The molecule has 1 saturated heterocycles. The number of fused-ring (bicyclic) bond motifs is 1. The Balaban J connectivity index is 1.05. The van der Waals surface area contributed by atoms with Crippen molar-refractivity contribution in [3.63, 3.8) is 0 Å². The molecule has 2 fully saturated rings. The minimum Gasteiger partial charge on any atom is -0.490 e. The summed E-state index contributed by atoms with van der Waals surface area (Å²) >= 11 is 0. The average molecular weight is 661 g/mol. The van der Waals surface area contributed by atoms with Gasteiger partial charge in [0, 0.05) is 43.1 Å². The highest BCUT2D eigenvalue weighted by Gasteiger charge is 2.48. The predicted octanol–water partition coefficient (Wildman–Crippen LogP) is 8.35. The van der Waals surface area contributed by atoms with Crippen molar-refractivity contribution in [3.8, 4) is 28.8 Å². The van der Waals surface area contributed by atoms with Gasteiger partial charge in [0.2, 0.25) is 11.8 Å². The van der Waals surface area contributed by atoms with Crippen LogP contribution >= 0.6 is 0 Å². The SMILES string of the molecule is Cn1nc(-c2ccc(OCc3ccccc3)nc2OCc2ccccc2)c2ccc(OC3CCC4(CC3)CN(C(=O)OC(C)(C)C)C4)cc21. The molecular weight excluding hydrogens is 616 g/mol. The highest BCUT2D eigenvalue weighted by molar-refractivity contribution is 5.95. The van der Waals surface area contributed by atoms with E-state index < -0.39 is 5.60 Å². The third kappa shape index (κ3) is 7.51. The van der Waals surface area contributed by atoms with Gasteiger partial charge in [-0.2, -0.15) is 10.1 Å². The summed E-state index contributed by atoms with van der Waals surface area (Å²) in [5.41, 5.74) is 4.37. The quantitative estimate of drug-likeness (QED) is 0.157. The van der Waals surface area contributed by atoms with E-state index in [4.69, 9.17) is 29.0 Å². The minimum atomic E-state index is -0.474. The number of hydrogen-bond acceptors (Lipinski definition) is 7. The van der Waals surface area contributed by atoms with Crippen molar-refractivity contribution in [1.82, 2.24) is 19.7 Å². The number of rotatable bonds is 9. The molecule has 2 aliphatic rings. The Hall–Kier alpha value is -5.05. The van der Waals surface area contributed by atoms with Crippen LogP contribution in [0, 0.1) is 5.41 Å². The van der Waals surface area contributed by atoms with Crippen LogP contribution in [-0.2, 0) is 25.0 Å². The van der Waals surface area contributed by atoms with E-state index in [-0.39, 0.29) is 17.6 Å². The lowest BCUT2D eigenvalue weighted by Gasteiger charge is -2.53. The molecule has 3 heterocycles. The van der Waals surface area contributed by atoms with Gasteiger partial charge in [-0.25, -0.2) is 4.79 Å². The molecule has 0 unspecified atom stereocenters. The molecule has 1 aliphatic heterocycles. The Morgan fingerprint density at radius 1 is 0.857 bits per heavy atom. The minimum absolute atomic E-state index is 0.136. The first-order valence-electron chi connectivity index (χ1n) is 17.1. The molecule has 1 saturated carbocycles. The van der Waals surface area contributed by atoms with E-state index >= 15 is 0 Å². The summed E-state index contributed by atoms with van der Waals surface area (Å²) in [5.74, 6) is 1.78. The second-order valence-corrected chi connectivity index (χ2v) is 14.4. The van der Waals surface area contributed by atoms with Gasteiger partial charge in [-0.15, -0.1) is 0 Å². The number of aryl methyl sites for hydroxylation is 1. The molecule has 0 atom stereocenters. The standard InChI is InChI=1S/C40H44N4O5/c1-39(2,3)49-38(45)44-26-40(27-44)21-19-30(20-22-40)48-31-15-16-32-34(23-31)43(4)42-36(32)33-17-18-35(46-24-28-11-7-5-8-12-28)41-37(33)47-25-29-13-9-6-10-14-29/h5-18,23,30H,19-22,24-27H2,1-4H3. The molecule has 9 heteroatoms. The third-order valence-corrected chi connectivity index (χ3v) is 9.36. The van der Waals surface area contributed by atoms with E-state index in [9.17, 15) is 4.79 Å². The molecule has 7 rings (SSSR count). The zero-order valence-electron chi connectivity index (χ0n) is 28.7. The first kappa shape index (κ1) is 32.5. The topological polar surface area (TPSA) is 87.9 Å². The normalized spacial score (nSPS) is 16.0. The van der Waals surface area contributed by atoms with Gasteiger partial charge in [-0.05, 0) is 75.8 Å². The average Bonchev–Trinajstić information content (AvgIpc) is 3.41. The van der Waals surface area contributed by atoms with Crippen LogP contribution in [0.5, 0.6) is 17.5 Å². The maximum absolute atomic E-state index is 12.5. The lowest BCUT2D eigenvalue weighted by molar-refractivity contribution is -0.0607. The van der Waals surface area contributed by atoms with Gasteiger partial charge < -0.3 is 23.8 Å². The molecule has 0 bridgehead atoms. The maximum atomic E-state index is 12.5. The van der Waals surface area contributed by atoms with Crippen LogP contribution in [0.3, 0.4) is 0 Å². The Kier molecular flexibility index (Phi) is 8.92. The second kappa shape index (κ2) is 13.5. The molecular formula is C40H44N4O5. The molecule has 1 aliphatic carbocycles. The van der Waals surface area contributed by atoms with Crippen LogP contribution in [0.15, 0.2) is 91.0 Å². The van der Waals surface area contributed by atoms with Crippen molar-refractivity contribution in [2.24, 2.45) is 12.5 Å². The van der Waals surface area contributed by atoms with E-state index in [1.54, 1.807) is 0 Å². The van der Waals surface area contributed by atoms with Crippen molar-refractivity contribution in [3.05, 3.63) is 102 Å². The number of benzene rings is 3. The molecule has 2 aromatic heterocycles. The summed E-state index contributed by atoms with van der Waals surface area (Å²) < 4.78 is 26.4. The van der Waals surface area contributed by atoms with Crippen molar-refractivity contribution in [2.45, 2.75) is 71.4 Å². The van der Waals surface area contributed by atoms with Crippen LogP contribution in [0.4, 0.5) is 4.79 Å². The predicted molar refractivity (Wildman–Crippen MR) is 189 cm³/mol. The fraction of sp³-hybridized carbons (Fsp3) is 0.375. The molecule has 254 valence electrons. The fourth-order valence-electron chi connectivity index (χ4n) is 6.81. The van der Waals surface area contributed by atoms with Crippen LogP contribution in [0.1, 0.15) is 57.6 Å². The van der Waals surface area contributed by atoms with Gasteiger partial charge in [-0.3, -0.25) is 4.68 Å². The van der Waals surface area contributed by atoms with E-state index in [0.717, 1.165) is 77.8 Å². The summed E-state index contributed by atoms with van der Waals surface area (Å²) in [6.07, 6.45) is 3.93. The zero-order valence-corrected chi connectivity index (χ0v) is 28.7. The zero-order chi connectivity index (χ0) is 34.0. The smallest absolute Gasteiger partial charge is 0.410 e. The number of aromatic nitrogens is 3. The molecule has 1 amide bonds. The molecule has 1 spiro atoms. The Morgan fingerprint density at radius 3 is 2.16 bits per heavy atom.